The first-order chi connectivity index (χ1) is 19.8. The Morgan fingerprint density at radius 2 is 1.83 bits per heavy atom. The summed E-state index contributed by atoms with van der Waals surface area (Å²) in [6, 6.07) is 11.0. The zero-order valence-electron chi connectivity index (χ0n) is 24.0. The molecular formula is C32H34N4O5. The quantitative estimate of drug-likeness (QED) is 0.245. The number of fused-ring (bicyclic) bond motifs is 1. The average molecular weight is 555 g/mol. The molecule has 2 heterocycles. The molecule has 2 unspecified atom stereocenters. The van der Waals surface area contributed by atoms with Crippen molar-refractivity contribution in [3.05, 3.63) is 75.4 Å². The molecule has 0 saturated heterocycles. The van der Waals surface area contributed by atoms with Crippen LogP contribution in [0, 0.1) is 25.3 Å². The predicted octanol–water partition coefficient (Wildman–Crippen LogP) is 5.29. The van der Waals surface area contributed by atoms with Crippen molar-refractivity contribution in [3.8, 4) is 22.9 Å². The highest BCUT2D eigenvalue weighted by molar-refractivity contribution is 6.03. The van der Waals surface area contributed by atoms with Crippen LogP contribution in [0.4, 0.5) is 5.69 Å². The molecule has 9 heteroatoms. The van der Waals surface area contributed by atoms with E-state index in [1.54, 1.807) is 25.3 Å². The molecule has 0 spiro atoms. The van der Waals surface area contributed by atoms with Crippen molar-refractivity contribution in [3.63, 3.8) is 0 Å². The number of rotatable bonds is 7. The monoisotopic (exact) mass is 554 g/mol. The second kappa shape index (κ2) is 11.6. The molecule has 1 aliphatic rings. The van der Waals surface area contributed by atoms with E-state index in [9.17, 15) is 9.90 Å². The summed E-state index contributed by atoms with van der Waals surface area (Å²) >= 11 is 0. The average Bonchev–Trinajstić information content (AvgIpc) is 3.52. The Balaban J connectivity index is 1.73. The second-order valence-electron chi connectivity index (χ2n) is 10.7. The van der Waals surface area contributed by atoms with E-state index in [0.717, 1.165) is 24.8 Å². The highest BCUT2D eigenvalue weighted by Crippen LogP contribution is 2.34. The molecule has 0 radical (unpaired) electrons. The van der Waals surface area contributed by atoms with Crippen molar-refractivity contribution in [2.24, 2.45) is 11.8 Å². The summed E-state index contributed by atoms with van der Waals surface area (Å²) in [6.07, 6.45) is 4.59. The number of carbonyl (C=O) groups excluding carboxylic acids is 1. The lowest BCUT2D eigenvalue weighted by Gasteiger charge is -2.33. The Labute approximate surface area is 239 Å². The third-order valence-electron chi connectivity index (χ3n) is 7.91. The van der Waals surface area contributed by atoms with Crippen molar-refractivity contribution in [2.75, 3.05) is 14.2 Å². The van der Waals surface area contributed by atoms with Gasteiger partial charge >= 0.3 is 5.97 Å². The fraction of sp³-hybridized carbons (Fsp3) is 0.375. The zero-order chi connectivity index (χ0) is 29.3. The molecule has 1 N–H and O–H groups in total. The second-order valence-corrected chi connectivity index (χ2v) is 10.7. The third-order valence-corrected chi connectivity index (χ3v) is 7.91. The van der Waals surface area contributed by atoms with Gasteiger partial charge in [0.1, 0.15) is 23.2 Å². The van der Waals surface area contributed by atoms with Crippen LogP contribution < -0.4 is 14.8 Å². The number of methoxy groups -OCH3 is 2. The van der Waals surface area contributed by atoms with Crippen LogP contribution in [-0.4, -0.2) is 46.0 Å². The van der Waals surface area contributed by atoms with Gasteiger partial charge in [-0.3, -0.25) is 0 Å². The Hall–Kier alpha value is -4.42. The van der Waals surface area contributed by atoms with Crippen molar-refractivity contribution >= 4 is 23.4 Å². The molecule has 0 amide bonds. The standard InChI is InChI=1S/C32H34N4O5/c1-18-10-12-26(40-6)23(14-18)30-34-31-27(32(38)41-29-19(2)8-7-9-20(29)3)28(33-4)24(36(31)35-30)16-21-11-13-25(39-5)22(15-21)17-37/h10-16,19-20,29,37H,7-9,17H2,1-3,5-6H3/b24-16+. The van der Waals surface area contributed by atoms with E-state index in [1.807, 2.05) is 31.2 Å². The summed E-state index contributed by atoms with van der Waals surface area (Å²) in [6.45, 7) is 14.0. The topological polar surface area (TPSA) is 99.5 Å². The highest BCUT2D eigenvalue weighted by atomic mass is 16.5. The minimum Gasteiger partial charge on any atom is -0.496 e. The normalized spacial score (nSPS) is 19.2. The number of aliphatic hydroxyl groups is 1. The van der Waals surface area contributed by atoms with Gasteiger partial charge in [-0.25, -0.2) is 19.1 Å². The van der Waals surface area contributed by atoms with Gasteiger partial charge in [-0.1, -0.05) is 38.0 Å². The maximum atomic E-state index is 13.8. The number of benzene rings is 2. The molecule has 5 rings (SSSR count). The molecule has 9 nitrogen and oxygen atoms in total. The number of hydrogen-bond acceptors (Lipinski definition) is 7. The Bertz CT molecular complexity index is 1690. The van der Waals surface area contributed by atoms with E-state index < -0.39 is 5.97 Å². The molecule has 1 aliphatic carbocycles. The summed E-state index contributed by atoms with van der Waals surface area (Å²) in [7, 11) is 3.12. The first kappa shape index (κ1) is 28.1. The lowest BCUT2D eigenvalue weighted by atomic mass is 9.80. The third kappa shape index (κ3) is 5.23. The van der Waals surface area contributed by atoms with E-state index in [0.29, 0.717) is 39.4 Å². The van der Waals surface area contributed by atoms with E-state index in [1.165, 1.54) is 11.6 Å². The molecule has 1 saturated carbocycles. The van der Waals surface area contributed by atoms with Crippen LogP contribution in [0.15, 0.2) is 36.4 Å². The molecule has 212 valence electrons. The van der Waals surface area contributed by atoms with Gasteiger partial charge in [0.2, 0.25) is 5.69 Å². The zero-order valence-corrected chi connectivity index (χ0v) is 24.0. The largest absolute Gasteiger partial charge is 0.496 e. The molecule has 4 aromatic rings. The molecular weight excluding hydrogens is 520 g/mol. The number of aromatic nitrogens is 3. The van der Waals surface area contributed by atoms with E-state index in [2.05, 4.69) is 18.7 Å². The number of hydrogen-bond donors (Lipinski definition) is 1. The van der Waals surface area contributed by atoms with E-state index in [4.69, 9.17) is 30.9 Å². The van der Waals surface area contributed by atoms with Crippen molar-refractivity contribution in [2.45, 2.75) is 52.7 Å². The summed E-state index contributed by atoms with van der Waals surface area (Å²) in [5, 5.41) is 15.0. The molecule has 1 fully saturated rings. The Morgan fingerprint density at radius 1 is 1.12 bits per heavy atom. The molecule has 41 heavy (non-hydrogen) atoms. The van der Waals surface area contributed by atoms with Crippen LogP contribution in [0.1, 0.15) is 60.2 Å². The maximum Gasteiger partial charge on any atom is 0.331 e. The van der Waals surface area contributed by atoms with E-state index in [-0.39, 0.29) is 41.4 Å². The summed E-state index contributed by atoms with van der Waals surface area (Å²) in [5.74, 6) is 1.38. The van der Waals surface area contributed by atoms with Crippen LogP contribution in [0.25, 0.3) is 28.0 Å². The Kier molecular flexibility index (Phi) is 7.95. The first-order valence-corrected chi connectivity index (χ1v) is 13.7. The summed E-state index contributed by atoms with van der Waals surface area (Å²) in [4.78, 5) is 22.4. The molecule has 0 bridgehead atoms. The number of aryl methyl sites for hydroxylation is 1. The van der Waals surface area contributed by atoms with Crippen molar-refractivity contribution in [1.82, 2.24) is 14.6 Å². The van der Waals surface area contributed by atoms with Crippen LogP contribution in [0.3, 0.4) is 0 Å². The molecule has 0 aliphatic heterocycles. The molecule has 2 atom stereocenters. The fourth-order valence-electron chi connectivity index (χ4n) is 5.75. The number of esters is 1. The SMILES string of the molecule is [C-]#[N+]c1c(C(=O)OC2C(C)CCCC2C)c2nc(-c3cc(C)ccc3OC)nn2/c1=C/c1ccc(OC)c(CO)c1. The maximum absolute atomic E-state index is 13.8. The smallest absolute Gasteiger partial charge is 0.331 e. The minimum atomic E-state index is -0.577. The first-order valence-electron chi connectivity index (χ1n) is 13.7. The number of carbonyl (C=O) groups is 1. The molecule has 2 aromatic carbocycles. The summed E-state index contributed by atoms with van der Waals surface area (Å²) < 4.78 is 18.6. The van der Waals surface area contributed by atoms with Gasteiger partial charge < -0.3 is 19.3 Å². The predicted molar refractivity (Wildman–Crippen MR) is 155 cm³/mol. The van der Waals surface area contributed by atoms with Gasteiger partial charge in [0, 0.05) is 5.56 Å². The Morgan fingerprint density at radius 3 is 2.49 bits per heavy atom. The van der Waals surface area contributed by atoms with Gasteiger partial charge in [0.15, 0.2) is 11.5 Å². The van der Waals surface area contributed by atoms with Gasteiger partial charge in [-0.05, 0) is 67.5 Å². The highest BCUT2D eigenvalue weighted by Gasteiger charge is 2.34. The van der Waals surface area contributed by atoms with Gasteiger partial charge in [0.05, 0.1) is 38.3 Å². The van der Waals surface area contributed by atoms with Crippen LogP contribution in [-0.2, 0) is 11.3 Å². The van der Waals surface area contributed by atoms with Crippen molar-refractivity contribution in [1.29, 1.82) is 0 Å². The number of nitrogens with zero attached hydrogens (tertiary/aromatic N) is 4. The van der Waals surface area contributed by atoms with Crippen LogP contribution >= 0.6 is 0 Å². The number of aliphatic hydroxyl groups excluding tert-OH is 1. The lowest BCUT2D eigenvalue weighted by Crippen LogP contribution is -2.34. The van der Waals surface area contributed by atoms with E-state index >= 15 is 0 Å². The van der Waals surface area contributed by atoms with Gasteiger partial charge in [-0.2, -0.15) is 0 Å². The minimum absolute atomic E-state index is 0.0949. The summed E-state index contributed by atoms with van der Waals surface area (Å²) in [5.41, 5.74) is 3.43. The van der Waals surface area contributed by atoms with Crippen LogP contribution in [0.2, 0.25) is 0 Å². The fourth-order valence-corrected chi connectivity index (χ4v) is 5.75. The van der Waals surface area contributed by atoms with Crippen LogP contribution in [0.5, 0.6) is 11.5 Å². The number of ether oxygens (including phenoxy) is 3. The lowest BCUT2D eigenvalue weighted by molar-refractivity contribution is -0.0159. The van der Waals surface area contributed by atoms with Gasteiger partial charge in [0.25, 0.3) is 0 Å². The van der Waals surface area contributed by atoms with Crippen molar-refractivity contribution < 1.29 is 24.1 Å². The van der Waals surface area contributed by atoms with Gasteiger partial charge in [-0.15, -0.1) is 5.10 Å². The molecule has 2 aromatic heterocycles.